The number of para-hydroxylation sites is 1. The van der Waals surface area contributed by atoms with Crippen LogP contribution < -0.4 is 11.3 Å². The van der Waals surface area contributed by atoms with Gasteiger partial charge in [-0.2, -0.15) is 10.2 Å². The van der Waals surface area contributed by atoms with Crippen molar-refractivity contribution in [2.24, 2.45) is 5.84 Å². The van der Waals surface area contributed by atoms with Crippen LogP contribution in [0.25, 0.3) is 10.9 Å². The van der Waals surface area contributed by atoms with Crippen molar-refractivity contribution < 1.29 is 0 Å². The second kappa shape index (κ2) is 5.73. The lowest BCUT2D eigenvalue weighted by Gasteiger charge is -2.15. The summed E-state index contributed by atoms with van der Waals surface area (Å²) in [7, 11) is 0. The Morgan fingerprint density at radius 1 is 1.05 bits per heavy atom. The third-order valence-corrected chi connectivity index (χ3v) is 3.28. The fourth-order valence-corrected chi connectivity index (χ4v) is 2.21. The zero-order valence-corrected chi connectivity index (χ0v) is 10.9. The SMILES string of the molecule is NNC(Cc1ccc2ccccc2n1)c1ccnnc1. The minimum atomic E-state index is -0.0286. The van der Waals surface area contributed by atoms with E-state index in [9.17, 15) is 0 Å². The lowest BCUT2D eigenvalue weighted by atomic mass is 10.0. The molecule has 0 fully saturated rings. The van der Waals surface area contributed by atoms with Crippen LogP contribution in [0.4, 0.5) is 0 Å². The second-order valence-corrected chi connectivity index (χ2v) is 4.59. The van der Waals surface area contributed by atoms with Crippen LogP contribution in [0.2, 0.25) is 0 Å². The maximum absolute atomic E-state index is 5.64. The van der Waals surface area contributed by atoms with Crippen molar-refractivity contribution in [3.05, 3.63) is 66.1 Å². The largest absolute Gasteiger partial charge is 0.271 e. The zero-order chi connectivity index (χ0) is 13.8. The average molecular weight is 265 g/mol. The van der Waals surface area contributed by atoms with Crippen molar-refractivity contribution in [3.63, 3.8) is 0 Å². The lowest BCUT2D eigenvalue weighted by Crippen LogP contribution is -2.29. The van der Waals surface area contributed by atoms with Crippen molar-refractivity contribution in [1.29, 1.82) is 0 Å². The van der Waals surface area contributed by atoms with Crippen LogP contribution in [0, 0.1) is 0 Å². The van der Waals surface area contributed by atoms with E-state index in [1.807, 2.05) is 30.3 Å². The van der Waals surface area contributed by atoms with Crippen LogP contribution in [-0.2, 0) is 6.42 Å². The highest BCUT2D eigenvalue weighted by Gasteiger charge is 2.11. The number of nitrogens with one attached hydrogen (secondary N) is 1. The molecule has 3 rings (SSSR count). The van der Waals surface area contributed by atoms with E-state index < -0.39 is 0 Å². The smallest absolute Gasteiger partial charge is 0.0705 e. The molecule has 0 bridgehead atoms. The first-order valence-electron chi connectivity index (χ1n) is 6.44. The molecule has 1 aromatic carbocycles. The Labute approximate surface area is 116 Å². The van der Waals surface area contributed by atoms with E-state index in [1.165, 1.54) is 0 Å². The van der Waals surface area contributed by atoms with E-state index in [0.29, 0.717) is 6.42 Å². The Balaban J connectivity index is 1.87. The van der Waals surface area contributed by atoms with Gasteiger partial charge >= 0.3 is 0 Å². The van der Waals surface area contributed by atoms with Crippen molar-refractivity contribution in [2.75, 3.05) is 0 Å². The van der Waals surface area contributed by atoms with Gasteiger partial charge in [-0.3, -0.25) is 16.3 Å². The zero-order valence-electron chi connectivity index (χ0n) is 10.9. The summed E-state index contributed by atoms with van der Waals surface area (Å²) in [6.07, 6.45) is 4.08. The number of pyridine rings is 1. The molecule has 3 N–H and O–H groups in total. The number of hydrazine groups is 1. The van der Waals surface area contributed by atoms with Crippen LogP contribution in [-0.4, -0.2) is 15.2 Å². The molecule has 1 atom stereocenters. The molecule has 2 heterocycles. The van der Waals surface area contributed by atoms with Crippen molar-refractivity contribution >= 4 is 10.9 Å². The predicted octanol–water partition coefficient (Wildman–Crippen LogP) is 1.77. The fourth-order valence-electron chi connectivity index (χ4n) is 2.21. The first-order valence-corrected chi connectivity index (χ1v) is 6.44. The molecule has 0 saturated heterocycles. The van der Waals surface area contributed by atoms with Gasteiger partial charge in [0.2, 0.25) is 0 Å². The summed E-state index contributed by atoms with van der Waals surface area (Å²) >= 11 is 0. The van der Waals surface area contributed by atoms with Gasteiger partial charge in [0.05, 0.1) is 17.8 Å². The maximum Gasteiger partial charge on any atom is 0.0705 e. The molecular weight excluding hydrogens is 250 g/mol. The van der Waals surface area contributed by atoms with E-state index in [1.54, 1.807) is 12.4 Å². The molecular formula is C15H15N5. The quantitative estimate of drug-likeness (QED) is 0.555. The van der Waals surface area contributed by atoms with Crippen LogP contribution in [0.3, 0.4) is 0 Å². The molecule has 5 heteroatoms. The molecule has 0 aliphatic rings. The van der Waals surface area contributed by atoms with Crippen LogP contribution in [0.15, 0.2) is 54.9 Å². The highest BCUT2D eigenvalue weighted by molar-refractivity contribution is 5.78. The highest BCUT2D eigenvalue weighted by atomic mass is 15.2. The van der Waals surface area contributed by atoms with Gasteiger partial charge in [-0.15, -0.1) is 0 Å². The van der Waals surface area contributed by atoms with Gasteiger partial charge in [-0.05, 0) is 23.8 Å². The Morgan fingerprint density at radius 3 is 2.75 bits per heavy atom. The van der Waals surface area contributed by atoms with Crippen molar-refractivity contribution in [3.8, 4) is 0 Å². The van der Waals surface area contributed by atoms with Gasteiger partial charge in [-0.1, -0.05) is 24.3 Å². The minimum absolute atomic E-state index is 0.0286. The molecule has 1 unspecified atom stereocenters. The molecule has 0 saturated carbocycles. The van der Waals surface area contributed by atoms with E-state index in [4.69, 9.17) is 5.84 Å². The number of aromatic nitrogens is 3. The van der Waals surface area contributed by atoms with Gasteiger partial charge in [0, 0.05) is 23.7 Å². The second-order valence-electron chi connectivity index (χ2n) is 4.59. The monoisotopic (exact) mass is 265 g/mol. The molecule has 5 nitrogen and oxygen atoms in total. The van der Waals surface area contributed by atoms with E-state index in [2.05, 4.69) is 32.7 Å². The number of hydrogen-bond donors (Lipinski definition) is 2. The Hall–Kier alpha value is -2.37. The summed E-state index contributed by atoms with van der Waals surface area (Å²) in [6.45, 7) is 0. The maximum atomic E-state index is 5.64. The summed E-state index contributed by atoms with van der Waals surface area (Å²) in [4.78, 5) is 4.66. The van der Waals surface area contributed by atoms with Crippen LogP contribution in [0.1, 0.15) is 17.3 Å². The van der Waals surface area contributed by atoms with Crippen molar-refractivity contribution in [1.82, 2.24) is 20.6 Å². The summed E-state index contributed by atoms with van der Waals surface area (Å²) in [5.74, 6) is 5.64. The van der Waals surface area contributed by atoms with Crippen LogP contribution >= 0.6 is 0 Å². The molecule has 0 aliphatic carbocycles. The highest BCUT2D eigenvalue weighted by Crippen LogP contribution is 2.18. The normalized spacial score (nSPS) is 12.4. The van der Waals surface area contributed by atoms with Crippen molar-refractivity contribution in [2.45, 2.75) is 12.5 Å². The van der Waals surface area contributed by atoms with Gasteiger partial charge in [0.1, 0.15) is 0 Å². The summed E-state index contributed by atoms with van der Waals surface area (Å²) in [5.41, 5.74) is 5.79. The standard InChI is InChI=1S/C15H15N5/c16-20-15(12-7-8-17-18-10-12)9-13-6-5-11-3-1-2-4-14(11)19-13/h1-8,10,15,20H,9,16H2. The van der Waals surface area contributed by atoms with Gasteiger partial charge < -0.3 is 0 Å². The molecule has 20 heavy (non-hydrogen) atoms. The lowest BCUT2D eigenvalue weighted by molar-refractivity contribution is 0.543. The van der Waals surface area contributed by atoms with E-state index >= 15 is 0 Å². The molecule has 2 aromatic heterocycles. The number of hydrogen-bond acceptors (Lipinski definition) is 5. The molecule has 0 radical (unpaired) electrons. The number of rotatable bonds is 4. The van der Waals surface area contributed by atoms with E-state index in [-0.39, 0.29) is 6.04 Å². The number of fused-ring (bicyclic) bond motifs is 1. The first-order chi connectivity index (χ1) is 9.86. The third kappa shape index (κ3) is 2.64. The number of nitrogens with zero attached hydrogens (tertiary/aromatic N) is 3. The first kappa shape index (κ1) is 12.7. The minimum Gasteiger partial charge on any atom is -0.271 e. The van der Waals surface area contributed by atoms with Gasteiger partial charge in [-0.25, -0.2) is 0 Å². The Kier molecular flexibility index (Phi) is 3.62. The molecule has 0 aliphatic heterocycles. The predicted molar refractivity (Wildman–Crippen MR) is 77.5 cm³/mol. The molecule has 0 spiro atoms. The van der Waals surface area contributed by atoms with Gasteiger partial charge in [0.15, 0.2) is 0 Å². The average Bonchev–Trinajstić information content (AvgIpc) is 2.53. The van der Waals surface area contributed by atoms with Gasteiger partial charge in [0.25, 0.3) is 0 Å². The molecule has 3 aromatic rings. The third-order valence-electron chi connectivity index (χ3n) is 3.28. The Bertz CT molecular complexity index is 699. The fraction of sp³-hybridized carbons (Fsp3) is 0.133. The summed E-state index contributed by atoms with van der Waals surface area (Å²) in [5, 5.41) is 8.79. The topological polar surface area (TPSA) is 76.7 Å². The number of nitrogens with two attached hydrogens (primary N) is 1. The molecule has 100 valence electrons. The number of benzene rings is 1. The summed E-state index contributed by atoms with van der Waals surface area (Å²) < 4.78 is 0. The summed E-state index contributed by atoms with van der Waals surface area (Å²) in [6, 6.07) is 14.0. The molecule has 0 amide bonds. The van der Waals surface area contributed by atoms with Crippen LogP contribution in [0.5, 0.6) is 0 Å². The van der Waals surface area contributed by atoms with E-state index in [0.717, 1.165) is 22.2 Å². The Morgan fingerprint density at radius 2 is 1.95 bits per heavy atom.